The predicted octanol–water partition coefficient (Wildman–Crippen LogP) is 2.50. The Bertz CT molecular complexity index is 473. The molecule has 1 aromatic carbocycles. The average molecular weight is 275 g/mol. The minimum Gasteiger partial charge on any atom is -0.481 e. The SMILES string of the molecule is Cc1ccc(CNC(=O)C2CCC(C(=O)O)CC2)cc1. The maximum Gasteiger partial charge on any atom is 0.306 e. The van der Waals surface area contributed by atoms with E-state index in [2.05, 4.69) is 5.32 Å². The molecule has 1 saturated carbocycles. The van der Waals surface area contributed by atoms with E-state index >= 15 is 0 Å². The van der Waals surface area contributed by atoms with Crippen LogP contribution in [0.1, 0.15) is 36.8 Å². The van der Waals surface area contributed by atoms with Gasteiger partial charge in [-0.1, -0.05) is 29.8 Å². The highest BCUT2D eigenvalue weighted by Crippen LogP contribution is 2.29. The van der Waals surface area contributed by atoms with E-state index in [4.69, 9.17) is 5.11 Å². The molecule has 0 spiro atoms. The number of carboxylic acids is 1. The molecular formula is C16H21NO3. The van der Waals surface area contributed by atoms with Gasteiger partial charge in [0, 0.05) is 12.5 Å². The zero-order valence-corrected chi connectivity index (χ0v) is 11.8. The zero-order valence-electron chi connectivity index (χ0n) is 11.8. The van der Waals surface area contributed by atoms with Gasteiger partial charge in [-0.3, -0.25) is 9.59 Å². The van der Waals surface area contributed by atoms with Crippen molar-refractivity contribution in [2.75, 3.05) is 0 Å². The van der Waals surface area contributed by atoms with Crippen LogP contribution in [-0.4, -0.2) is 17.0 Å². The van der Waals surface area contributed by atoms with Gasteiger partial charge in [0.25, 0.3) is 0 Å². The molecule has 0 bridgehead atoms. The van der Waals surface area contributed by atoms with Gasteiger partial charge in [-0.2, -0.15) is 0 Å². The molecule has 0 radical (unpaired) electrons. The first-order valence-electron chi connectivity index (χ1n) is 7.12. The molecule has 2 N–H and O–H groups in total. The van der Waals surface area contributed by atoms with Gasteiger partial charge in [0.05, 0.1) is 5.92 Å². The van der Waals surface area contributed by atoms with Crippen molar-refractivity contribution in [2.45, 2.75) is 39.2 Å². The fourth-order valence-electron chi connectivity index (χ4n) is 2.64. The number of carboxylic acid groups (broad SMARTS) is 1. The summed E-state index contributed by atoms with van der Waals surface area (Å²) in [4.78, 5) is 22.9. The Morgan fingerprint density at radius 1 is 1.10 bits per heavy atom. The number of rotatable bonds is 4. The van der Waals surface area contributed by atoms with Crippen LogP contribution in [0.25, 0.3) is 0 Å². The standard InChI is InChI=1S/C16H21NO3/c1-11-2-4-12(5-3-11)10-17-15(18)13-6-8-14(9-7-13)16(19)20/h2-5,13-14H,6-10H2,1H3,(H,17,18)(H,19,20). The smallest absolute Gasteiger partial charge is 0.306 e. The third-order valence-electron chi connectivity index (χ3n) is 4.03. The highest BCUT2D eigenvalue weighted by Gasteiger charge is 2.29. The highest BCUT2D eigenvalue weighted by atomic mass is 16.4. The molecule has 0 aliphatic heterocycles. The molecule has 4 nitrogen and oxygen atoms in total. The van der Waals surface area contributed by atoms with E-state index in [0.717, 1.165) is 5.56 Å². The lowest BCUT2D eigenvalue weighted by atomic mass is 9.81. The van der Waals surface area contributed by atoms with Crippen molar-refractivity contribution in [1.29, 1.82) is 0 Å². The lowest BCUT2D eigenvalue weighted by Gasteiger charge is -2.25. The third kappa shape index (κ3) is 3.83. The van der Waals surface area contributed by atoms with E-state index in [-0.39, 0.29) is 17.7 Å². The first-order valence-corrected chi connectivity index (χ1v) is 7.12. The Hall–Kier alpha value is -1.84. The second-order valence-corrected chi connectivity index (χ2v) is 5.59. The maximum absolute atomic E-state index is 12.1. The number of carbonyl (C=O) groups is 2. The summed E-state index contributed by atoms with van der Waals surface area (Å²) in [5, 5.41) is 11.9. The maximum atomic E-state index is 12.1. The van der Waals surface area contributed by atoms with Crippen LogP contribution in [-0.2, 0) is 16.1 Å². The normalized spacial score (nSPS) is 22.2. The molecule has 0 saturated heterocycles. The Morgan fingerprint density at radius 3 is 2.20 bits per heavy atom. The number of hydrogen-bond donors (Lipinski definition) is 2. The van der Waals surface area contributed by atoms with E-state index in [1.165, 1.54) is 5.56 Å². The van der Waals surface area contributed by atoms with Crippen LogP contribution in [0.5, 0.6) is 0 Å². The number of aryl methyl sites for hydroxylation is 1. The number of nitrogens with one attached hydrogen (secondary N) is 1. The quantitative estimate of drug-likeness (QED) is 0.887. The summed E-state index contributed by atoms with van der Waals surface area (Å²) < 4.78 is 0. The summed E-state index contributed by atoms with van der Waals surface area (Å²) in [7, 11) is 0. The highest BCUT2D eigenvalue weighted by molar-refractivity contribution is 5.79. The van der Waals surface area contributed by atoms with Gasteiger partial charge in [-0.25, -0.2) is 0 Å². The summed E-state index contributed by atoms with van der Waals surface area (Å²) in [6.07, 6.45) is 2.57. The minimum absolute atomic E-state index is 0.0314. The molecule has 0 unspecified atom stereocenters. The van der Waals surface area contributed by atoms with Gasteiger partial charge in [0.2, 0.25) is 5.91 Å². The summed E-state index contributed by atoms with van der Waals surface area (Å²) in [6.45, 7) is 2.57. The molecule has 1 aromatic rings. The molecule has 1 aliphatic carbocycles. The van der Waals surface area contributed by atoms with E-state index in [0.29, 0.717) is 32.2 Å². The monoisotopic (exact) mass is 275 g/mol. The van der Waals surface area contributed by atoms with Crippen LogP contribution in [0, 0.1) is 18.8 Å². The molecular weight excluding hydrogens is 254 g/mol. The van der Waals surface area contributed by atoms with Crippen molar-refractivity contribution < 1.29 is 14.7 Å². The van der Waals surface area contributed by atoms with Crippen LogP contribution in [0.15, 0.2) is 24.3 Å². The van der Waals surface area contributed by atoms with Gasteiger partial charge < -0.3 is 10.4 Å². The fourth-order valence-corrected chi connectivity index (χ4v) is 2.64. The summed E-state index contributed by atoms with van der Waals surface area (Å²) in [5.41, 5.74) is 2.29. The van der Waals surface area contributed by atoms with Gasteiger partial charge in [0.1, 0.15) is 0 Å². The average Bonchev–Trinajstić information content (AvgIpc) is 2.46. The van der Waals surface area contributed by atoms with Gasteiger partial charge in [-0.05, 0) is 38.2 Å². The molecule has 1 fully saturated rings. The molecule has 2 rings (SSSR count). The molecule has 0 atom stereocenters. The van der Waals surface area contributed by atoms with E-state index < -0.39 is 5.97 Å². The molecule has 4 heteroatoms. The largest absolute Gasteiger partial charge is 0.481 e. The molecule has 108 valence electrons. The topological polar surface area (TPSA) is 66.4 Å². The third-order valence-corrected chi connectivity index (χ3v) is 4.03. The van der Waals surface area contributed by atoms with E-state index in [1.54, 1.807) is 0 Å². The van der Waals surface area contributed by atoms with Crippen molar-refractivity contribution >= 4 is 11.9 Å². The van der Waals surface area contributed by atoms with E-state index in [9.17, 15) is 9.59 Å². The van der Waals surface area contributed by atoms with Crippen LogP contribution in [0.3, 0.4) is 0 Å². The van der Waals surface area contributed by atoms with Crippen LogP contribution >= 0.6 is 0 Å². The van der Waals surface area contributed by atoms with Crippen molar-refractivity contribution in [3.63, 3.8) is 0 Å². The summed E-state index contributed by atoms with van der Waals surface area (Å²) in [6, 6.07) is 8.08. The van der Waals surface area contributed by atoms with Gasteiger partial charge in [-0.15, -0.1) is 0 Å². The minimum atomic E-state index is -0.733. The van der Waals surface area contributed by atoms with Gasteiger partial charge >= 0.3 is 5.97 Å². The number of amides is 1. The Kier molecular flexibility index (Phi) is 4.77. The van der Waals surface area contributed by atoms with Gasteiger partial charge in [0.15, 0.2) is 0 Å². The number of carbonyl (C=O) groups excluding carboxylic acids is 1. The van der Waals surface area contributed by atoms with Crippen molar-refractivity contribution in [1.82, 2.24) is 5.32 Å². The summed E-state index contributed by atoms with van der Waals surface area (Å²) in [5.74, 6) is -0.981. The Morgan fingerprint density at radius 2 is 1.65 bits per heavy atom. The molecule has 1 amide bonds. The first-order chi connectivity index (χ1) is 9.56. The van der Waals surface area contributed by atoms with Crippen LogP contribution in [0.2, 0.25) is 0 Å². The van der Waals surface area contributed by atoms with Crippen molar-refractivity contribution in [3.8, 4) is 0 Å². The second-order valence-electron chi connectivity index (χ2n) is 5.59. The molecule has 1 aliphatic rings. The second kappa shape index (κ2) is 6.55. The van der Waals surface area contributed by atoms with E-state index in [1.807, 2.05) is 31.2 Å². The van der Waals surface area contributed by atoms with Crippen molar-refractivity contribution in [2.24, 2.45) is 11.8 Å². The number of hydrogen-bond acceptors (Lipinski definition) is 2. The zero-order chi connectivity index (χ0) is 14.5. The summed E-state index contributed by atoms with van der Waals surface area (Å²) >= 11 is 0. The Labute approximate surface area is 119 Å². The lowest BCUT2D eigenvalue weighted by Crippen LogP contribution is -2.34. The van der Waals surface area contributed by atoms with Crippen LogP contribution in [0.4, 0.5) is 0 Å². The fraction of sp³-hybridized carbons (Fsp3) is 0.500. The number of aliphatic carboxylic acids is 1. The molecule has 0 aromatic heterocycles. The molecule has 0 heterocycles. The van der Waals surface area contributed by atoms with Crippen molar-refractivity contribution in [3.05, 3.63) is 35.4 Å². The molecule has 20 heavy (non-hydrogen) atoms. The predicted molar refractivity (Wildman–Crippen MR) is 76.1 cm³/mol. The number of benzene rings is 1. The first kappa shape index (κ1) is 14.6. The lowest BCUT2D eigenvalue weighted by molar-refractivity contribution is -0.144. The Balaban J connectivity index is 1.78. The van der Waals surface area contributed by atoms with Crippen LogP contribution < -0.4 is 5.32 Å².